The standard InChI is InChI=1S/C22H21F3N8/c23-22(24,25)16-6-4-15(5-7-16)13-33-14-28-18-19(26)29-21(30-20(18)33)32-11-9-31(10-12-32)17-3-1-2-8-27-17/h1-8,14H,9-13H2,(H2,26,29,30). The number of nitrogen functional groups attached to an aromatic ring is 1. The van der Waals surface area contributed by atoms with E-state index in [1.54, 1.807) is 17.1 Å². The lowest BCUT2D eigenvalue weighted by atomic mass is 10.1. The van der Waals surface area contributed by atoms with Gasteiger partial charge in [0.05, 0.1) is 18.4 Å². The van der Waals surface area contributed by atoms with E-state index in [1.165, 1.54) is 12.1 Å². The zero-order chi connectivity index (χ0) is 23.0. The Morgan fingerprint density at radius 3 is 2.27 bits per heavy atom. The van der Waals surface area contributed by atoms with Crippen LogP contribution >= 0.6 is 0 Å². The van der Waals surface area contributed by atoms with E-state index in [2.05, 4.69) is 24.8 Å². The lowest BCUT2D eigenvalue weighted by Gasteiger charge is -2.35. The number of hydrogen-bond acceptors (Lipinski definition) is 7. The van der Waals surface area contributed by atoms with Crippen molar-refractivity contribution in [3.8, 4) is 0 Å². The quantitative estimate of drug-likeness (QED) is 0.507. The molecule has 1 aromatic carbocycles. The average Bonchev–Trinajstić information content (AvgIpc) is 3.23. The fourth-order valence-corrected chi connectivity index (χ4v) is 3.88. The molecule has 3 aromatic heterocycles. The summed E-state index contributed by atoms with van der Waals surface area (Å²) in [6.45, 7) is 3.26. The predicted octanol–water partition coefficient (Wildman–Crippen LogP) is 3.20. The van der Waals surface area contributed by atoms with E-state index in [9.17, 15) is 13.2 Å². The second-order valence-corrected chi connectivity index (χ2v) is 7.81. The van der Waals surface area contributed by atoms with Crippen LogP contribution < -0.4 is 15.5 Å². The van der Waals surface area contributed by atoms with Gasteiger partial charge in [0.15, 0.2) is 11.5 Å². The van der Waals surface area contributed by atoms with Crippen molar-refractivity contribution in [1.29, 1.82) is 0 Å². The summed E-state index contributed by atoms with van der Waals surface area (Å²) in [5, 5.41) is 0. The van der Waals surface area contributed by atoms with Crippen LogP contribution in [0.25, 0.3) is 11.2 Å². The number of nitrogens with two attached hydrogens (primary N) is 1. The molecule has 170 valence electrons. The van der Waals surface area contributed by atoms with Crippen LogP contribution in [0.5, 0.6) is 0 Å². The summed E-state index contributed by atoms with van der Waals surface area (Å²) in [5.74, 6) is 1.71. The number of pyridine rings is 1. The first-order valence-electron chi connectivity index (χ1n) is 10.4. The van der Waals surface area contributed by atoms with Crippen LogP contribution in [0.15, 0.2) is 55.0 Å². The Kier molecular flexibility index (Phi) is 5.23. The van der Waals surface area contributed by atoms with E-state index in [4.69, 9.17) is 10.7 Å². The van der Waals surface area contributed by atoms with Crippen molar-refractivity contribution in [1.82, 2.24) is 24.5 Å². The molecular formula is C22H21F3N8. The van der Waals surface area contributed by atoms with Crippen molar-refractivity contribution in [3.05, 3.63) is 66.1 Å². The molecule has 0 bridgehead atoms. The van der Waals surface area contributed by atoms with Gasteiger partial charge in [-0.15, -0.1) is 0 Å². The normalized spacial score (nSPS) is 14.8. The monoisotopic (exact) mass is 454 g/mol. The number of alkyl halides is 3. The van der Waals surface area contributed by atoms with Gasteiger partial charge >= 0.3 is 6.18 Å². The van der Waals surface area contributed by atoms with Gasteiger partial charge in [-0.05, 0) is 29.8 Å². The van der Waals surface area contributed by atoms with Crippen LogP contribution in [-0.4, -0.2) is 50.7 Å². The number of nitrogens with zero attached hydrogens (tertiary/aromatic N) is 7. The molecule has 0 aliphatic carbocycles. The highest BCUT2D eigenvalue weighted by molar-refractivity contribution is 5.83. The summed E-state index contributed by atoms with van der Waals surface area (Å²) in [6.07, 6.45) is -1.01. The molecule has 33 heavy (non-hydrogen) atoms. The van der Waals surface area contributed by atoms with Gasteiger partial charge in [-0.3, -0.25) is 0 Å². The van der Waals surface area contributed by atoms with Gasteiger partial charge in [0.25, 0.3) is 0 Å². The van der Waals surface area contributed by atoms with Gasteiger partial charge in [0.2, 0.25) is 5.95 Å². The topological polar surface area (TPSA) is 89.0 Å². The summed E-state index contributed by atoms with van der Waals surface area (Å²) in [7, 11) is 0. The maximum atomic E-state index is 12.8. The second kappa shape index (κ2) is 8.23. The van der Waals surface area contributed by atoms with Crippen LogP contribution in [0.1, 0.15) is 11.1 Å². The molecule has 1 aliphatic rings. The Morgan fingerprint density at radius 1 is 0.879 bits per heavy atom. The third-order valence-electron chi connectivity index (χ3n) is 5.65. The van der Waals surface area contributed by atoms with Gasteiger partial charge in [0.1, 0.15) is 11.3 Å². The van der Waals surface area contributed by atoms with E-state index in [0.717, 1.165) is 31.0 Å². The smallest absolute Gasteiger partial charge is 0.382 e. The molecule has 0 atom stereocenters. The fourth-order valence-electron chi connectivity index (χ4n) is 3.88. The number of benzene rings is 1. The molecule has 1 aliphatic heterocycles. The first kappa shape index (κ1) is 21.0. The van der Waals surface area contributed by atoms with E-state index >= 15 is 0 Å². The minimum absolute atomic E-state index is 0.272. The van der Waals surface area contributed by atoms with Crippen LogP contribution in [0, 0.1) is 0 Å². The Bertz CT molecular complexity index is 1250. The Morgan fingerprint density at radius 2 is 1.61 bits per heavy atom. The Balaban J connectivity index is 1.36. The molecular weight excluding hydrogens is 433 g/mol. The second-order valence-electron chi connectivity index (χ2n) is 7.81. The third-order valence-corrected chi connectivity index (χ3v) is 5.65. The van der Waals surface area contributed by atoms with E-state index in [-0.39, 0.29) is 5.82 Å². The number of piperazine rings is 1. The molecule has 5 rings (SSSR count). The van der Waals surface area contributed by atoms with Crippen LogP contribution in [-0.2, 0) is 12.7 Å². The number of rotatable bonds is 4. The van der Waals surface area contributed by atoms with Gasteiger partial charge < -0.3 is 20.1 Å². The molecule has 11 heteroatoms. The molecule has 2 N–H and O–H groups in total. The van der Waals surface area contributed by atoms with Crippen LogP contribution in [0.4, 0.5) is 30.8 Å². The number of imidazole rings is 1. The van der Waals surface area contributed by atoms with E-state index < -0.39 is 11.7 Å². The van der Waals surface area contributed by atoms with Gasteiger partial charge in [-0.2, -0.15) is 23.1 Å². The van der Waals surface area contributed by atoms with Gasteiger partial charge in [0, 0.05) is 32.4 Å². The number of hydrogen-bond donors (Lipinski definition) is 1. The summed E-state index contributed by atoms with van der Waals surface area (Å²) in [4.78, 5) is 22.1. The summed E-state index contributed by atoms with van der Waals surface area (Å²) in [6, 6.07) is 10.9. The molecule has 0 saturated carbocycles. The first-order chi connectivity index (χ1) is 15.9. The number of fused-ring (bicyclic) bond motifs is 1. The molecule has 8 nitrogen and oxygen atoms in total. The van der Waals surface area contributed by atoms with Crippen LogP contribution in [0.3, 0.4) is 0 Å². The largest absolute Gasteiger partial charge is 0.416 e. The minimum atomic E-state index is -4.36. The number of anilines is 3. The van der Waals surface area contributed by atoms with Crippen molar-refractivity contribution >= 4 is 28.7 Å². The maximum Gasteiger partial charge on any atom is 0.416 e. The van der Waals surface area contributed by atoms with Crippen molar-refractivity contribution in [2.45, 2.75) is 12.7 Å². The SMILES string of the molecule is Nc1nc(N2CCN(c3ccccn3)CC2)nc2c1ncn2Cc1ccc(C(F)(F)F)cc1. The molecule has 1 fully saturated rings. The summed E-state index contributed by atoms with van der Waals surface area (Å²) in [5.41, 5.74) is 7.19. The zero-order valence-electron chi connectivity index (χ0n) is 17.6. The molecule has 0 spiro atoms. The van der Waals surface area contributed by atoms with Crippen LogP contribution in [0.2, 0.25) is 0 Å². The molecule has 0 amide bonds. The third kappa shape index (κ3) is 4.26. The van der Waals surface area contributed by atoms with Crippen molar-refractivity contribution in [2.24, 2.45) is 0 Å². The Labute approximate surface area is 187 Å². The summed E-state index contributed by atoms with van der Waals surface area (Å²) >= 11 is 0. The van der Waals surface area contributed by atoms with Gasteiger partial charge in [-0.25, -0.2) is 9.97 Å². The highest BCUT2D eigenvalue weighted by atomic mass is 19.4. The zero-order valence-corrected chi connectivity index (χ0v) is 17.6. The molecule has 0 unspecified atom stereocenters. The minimum Gasteiger partial charge on any atom is -0.382 e. The maximum absolute atomic E-state index is 12.8. The lowest BCUT2D eigenvalue weighted by Crippen LogP contribution is -2.47. The first-order valence-corrected chi connectivity index (χ1v) is 10.4. The van der Waals surface area contributed by atoms with E-state index in [0.29, 0.717) is 42.3 Å². The van der Waals surface area contributed by atoms with Crippen molar-refractivity contribution in [3.63, 3.8) is 0 Å². The molecule has 1 saturated heterocycles. The summed E-state index contributed by atoms with van der Waals surface area (Å²) < 4.78 is 40.3. The molecule has 4 aromatic rings. The fraction of sp³-hybridized carbons (Fsp3) is 0.273. The highest BCUT2D eigenvalue weighted by Crippen LogP contribution is 2.29. The lowest BCUT2D eigenvalue weighted by molar-refractivity contribution is -0.137. The highest BCUT2D eigenvalue weighted by Gasteiger charge is 2.30. The Hall–Kier alpha value is -3.89. The van der Waals surface area contributed by atoms with Gasteiger partial charge in [-0.1, -0.05) is 18.2 Å². The number of halogens is 3. The average molecular weight is 454 g/mol. The van der Waals surface area contributed by atoms with Crippen molar-refractivity contribution < 1.29 is 13.2 Å². The predicted molar refractivity (Wildman–Crippen MR) is 119 cm³/mol. The van der Waals surface area contributed by atoms with E-state index in [1.807, 2.05) is 18.2 Å². The van der Waals surface area contributed by atoms with Crippen molar-refractivity contribution in [2.75, 3.05) is 41.7 Å². The molecule has 4 heterocycles. The number of aromatic nitrogens is 5. The molecule has 0 radical (unpaired) electrons.